The number of benzene rings is 3. The van der Waals surface area contributed by atoms with Crippen LogP contribution in [0.25, 0.3) is 32.9 Å². The number of amides is 1. The molecule has 0 fully saturated rings. The molecule has 13 heteroatoms. The fraction of sp³-hybridized carbons (Fsp3) is 0.351. The van der Waals surface area contributed by atoms with Gasteiger partial charge in [-0.25, -0.2) is 9.78 Å². The molecule has 0 saturated carbocycles. The number of Topliss-reactive ketones (excluding diaryl/α,β-unsaturated/α-hetero) is 1. The van der Waals surface area contributed by atoms with Crippen molar-refractivity contribution < 1.29 is 42.1 Å². The van der Waals surface area contributed by atoms with Crippen LogP contribution in [0.15, 0.2) is 60.8 Å². The molecule has 1 amide bonds. The van der Waals surface area contributed by atoms with Gasteiger partial charge in [0.05, 0.1) is 38.6 Å². The van der Waals surface area contributed by atoms with Gasteiger partial charge in [-0.2, -0.15) is 13.2 Å². The van der Waals surface area contributed by atoms with Crippen LogP contribution in [0, 0.1) is 6.92 Å². The Bertz CT molecular complexity index is 1950. The Morgan fingerprint density at radius 2 is 1.66 bits per heavy atom. The zero-order valence-electron chi connectivity index (χ0n) is 28.4. The number of ketones is 1. The van der Waals surface area contributed by atoms with Crippen molar-refractivity contribution in [2.45, 2.75) is 71.0 Å². The molecule has 0 aliphatic rings. The maximum Gasteiger partial charge on any atom is 0.490 e. The second kappa shape index (κ2) is 16.9. The second-order valence-corrected chi connectivity index (χ2v) is 11.8. The van der Waals surface area contributed by atoms with Gasteiger partial charge in [0.25, 0.3) is 0 Å². The summed E-state index contributed by atoms with van der Waals surface area (Å²) in [6.07, 6.45) is 1.44. The van der Waals surface area contributed by atoms with Crippen molar-refractivity contribution in [3.63, 3.8) is 0 Å². The van der Waals surface area contributed by atoms with E-state index in [4.69, 9.17) is 24.4 Å². The molecule has 266 valence electrons. The van der Waals surface area contributed by atoms with Gasteiger partial charge < -0.3 is 29.9 Å². The lowest BCUT2D eigenvalue weighted by Gasteiger charge is -2.17. The number of aromatic amines is 2. The Balaban J connectivity index is 0.000000727. The normalized spacial score (nSPS) is 11.9. The quantitative estimate of drug-likeness (QED) is 0.0862. The Hall–Kier alpha value is -5.33. The van der Waals surface area contributed by atoms with Gasteiger partial charge in [0, 0.05) is 35.0 Å². The van der Waals surface area contributed by atoms with Crippen LogP contribution >= 0.6 is 0 Å². The Morgan fingerprint density at radius 3 is 2.30 bits per heavy atom. The number of halogens is 3. The number of hydrogen-bond acceptors (Lipinski definition) is 6. The second-order valence-electron chi connectivity index (χ2n) is 11.8. The molecule has 0 unspecified atom stereocenters. The fourth-order valence-corrected chi connectivity index (χ4v) is 5.67. The van der Waals surface area contributed by atoms with Crippen LogP contribution in [0.2, 0.25) is 0 Å². The standard InChI is InChI=1S/C35H40N4O4.C2HF3O2/c1-5-25(40)13-7-6-8-14-31(38-34(41)20-27-22(2)37-30-16-15-26(42-3)19-28(27)30)35-36-21-32(39-35)29-17-23-11-9-10-12-24(23)18-33(29)43-4;3-2(4,5)1(6)7/h9-12,15-19,21,31,37H,5-8,13-14,20H2,1-4H3,(H,36,39)(H,38,41);(H,6,7)/t31-;/m0./s1. The summed E-state index contributed by atoms with van der Waals surface area (Å²) in [4.78, 5) is 45.8. The zero-order chi connectivity index (χ0) is 36.4. The summed E-state index contributed by atoms with van der Waals surface area (Å²) in [6.45, 7) is 3.89. The summed E-state index contributed by atoms with van der Waals surface area (Å²) in [5, 5.41) is 13.6. The molecular weight excluding hydrogens is 653 g/mol. The van der Waals surface area contributed by atoms with E-state index < -0.39 is 12.1 Å². The number of unbranched alkanes of at least 4 members (excludes halogenated alkanes) is 2. The van der Waals surface area contributed by atoms with E-state index in [9.17, 15) is 22.8 Å². The lowest BCUT2D eigenvalue weighted by Crippen LogP contribution is -2.30. The highest BCUT2D eigenvalue weighted by Crippen LogP contribution is 2.34. The molecule has 0 aliphatic heterocycles. The minimum atomic E-state index is -5.08. The predicted molar refractivity (Wildman–Crippen MR) is 184 cm³/mol. The number of imidazole rings is 1. The van der Waals surface area contributed by atoms with Crippen LogP contribution in [-0.4, -0.2) is 58.1 Å². The molecule has 3 aromatic carbocycles. The third-order valence-corrected chi connectivity index (χ3v) is 8.37. The van der Waals surface area contributed by atoms with E-state index in [1.54, 1.807) is 20.4 Å². The van der Waals surface area contributed by atoms with Gasteiger partial charge >= 0.3 is 12.1 Å². The average Bonchev–Trinajstić information content (AvgIpc) is 3.70. The molecule has 50 heavy (non-hydrogen) atoms. The number of nitrogens with one attached hydrogen (secondary N) is 3. The number of alkyl halides is 3. The number of aromatic nitrogens is 3. The maximum absolute atomic E-state index is 13.5. The fourth-order valence-electron chi connectivity index (χ4n) is 5.67. The number of H-pyrrole nitrogens is 2. The number of carbonyl (C=O) groups is 3. The Labute approximate surface area is 287 Å². The van der Waals surface area contributed by atoms with E-state index in [1.807, 2.05) is 50.2 Å². The monoisotopic (exact) mass is 694 g/mol. The van der Waals surface area contributed by atoms with Gasteiger partial charge in [-0.15, -0.1) is 0 Å². The largest absolute Gasteiger partial charge is 0.497 e. The summed E-state index contributed by atoms with van der Waals surface area (Å²) in [5.74, 6) is -0.358. The number of aliphatic carboxylic acids is 1. The van der Waals surface area contributed by atoms with Crippen molar-refractivity contribution in [1.29, 1.82) is 0 Å². The van der Waals surface area contributed by atoms with Crippen molar-refractivity contribution in [3.8, 4) is 22.8 Å². The van der Waals surface area contributed by atoms with Crippen molar-refractivity contribution in [2.24, 2.45) is 0 Å². The number of carbonyl (C=O) groups excluding carboxylic acids is 2. The van der Waals surface area contributed by atoms with Gasteiger partial charge in [0.2, 0.25) is 5.91 Å². The van der Waals surface area contributed by atoms with Gasteiger partial charge in [0.15, 0.2) is 0 Å². The average molecular weight is 695 g/mol. The molecule has 1 atom stereocenters. The molecule has 10 nitrogen and oxygen atoms in total. The first-order valence-corrected chi connectivity index (χ1v) is 16.2. The highest BCUT2D eigenvalue weighted by molar-refractivity contribution is 5.92. The predicted octanol–water partition coefficient (Wildman–Crippen LogP) is 8.00. The number of carboxylic acid groups (broad SMARTS) is 1. The molecule has 0 radical (unpaired) electrons. The molecular formula is C37H41F3N4O6. The molecule has 0 bridgehead atoms. The molecule has 5 aromatic rings. The van der Waals surface area contributed by atoms with Crippen LogP contribution in [0.5, 0.6) is 11.5 Å². The van der Waals surface area contributed by atoms with Crippen LogP contribution in [0.3, 0.4) is 0 Å². The lowest BCUT2D eigenvalue weighted by molar-refractivity contribution is -0.192. The minimum absolute atomic E-state index is 0.0841. The minimum Gasteiger partial charge on any atom is -0.497 e. The third-order valence-electron chi connectivity index (χ3n) is 8.37. The number of ether oxygens (including phenoxy) is 2. The number of aryl methyl sites for hydroxylation is 1. The first kappa shape index (κ1) is 37.5. The molecule has 0 saturated heterocycles. The third kappa shape index (κ3) is 9.64. The van der Waals surface area contributed by atoms with Crippen LogP contribution in [0.4, 0.5) is 13.2 Å². The van der Waals surface area contributed by atoms with Gasteiger partial charge in [-0.1, -0.05) is 44.0 Å². The molecule has 5 rings (SSSR count). The summed E-state index contributed by atoms with van der Waals surface area (Å²) in [5.41, 5.74) is 4.61. The van der Waals surface area contributed by atoms with Crippen molar-refractivity contribution >= 4 is 39.3 Å². The van der Waals surface area contributed by atoms with Crippen LogP contribution in [-0.2, 0) is 20.8 Å². The highest BCUT2D eigenvalue weighted by Gasteiger charge is 2.38. The summed E-state index contributed by atoms with van der Waals surface area (Å²) >= 11 is 0. The first-order chi connectivity index (χ1) is 23.8. The van der Waals surface area contributed by atoms with E-state index in [0.29, 0.717) is 25.1 Å². The highest BCUT2D eigenvalue weighted by atomic mass is 19.4. The number of nitrogens with zero attached hydrogens (tertiary/aromatic N) is 1. The molecule has 2 aromatic heterocycles. The number of fused-ring (bicyclic) bond motifs is 2. The smallest absolute Gasteiger partial charge is 0.490 e. The summed E-state index contributed by atoms with van der Waals surface area (Å²) in [7, 11) is 3.31. The Kier molecular flexibility index (Phi) is 12.6. The van der Waals surface area contributed by atoms with Crippen molar-refractivity contribution in [3.05, 3.63) is 77.9 Å². The number of carboxylic acids is 1. The van der Waals surface area contributed by atoms with E-state index in [2.05, 4.69) is 33.5 Å². The maximum atomic E-state index is 13.5. The summed E-state index contributed by atoms with van der Waals surface area (Å²) in [6, 6.07) is 17.8. The topological polar surface area (TPSA) is 146 Å². The van der Waals surface area contributed by atoms with Crippen molar-refractivity contribution in [1.82, 2.24) is 20.3 Å². The van der Waals surface area contributed by atoms with E-state index in [0.717, 1.165) is 75.0 Å². The first-order valence-electron chi connectivity index (χ1n) is 16.2. The number of rotatable bonds is 14. The van der Waals surface area contributed by atoms with Crippen molar-refractivity contribution in [2.75, 3.05) is 14.2 Å². The number of hydrogen-bond donors (Lipinski definition) is 4. The lowest BCUT2D eigenvalue weighted by atomic mass is 10.0. The van der Waals surface area contributed by atoms with Gasteiger partial charge in [-0.3, -0.25) is 9.59 Å². The molecule has 2 heterocycles. The summed E-state index contributed by atoms with van der Waals surface area (Å²) < 4.78 is 42.9. The zero-order valence-corrected chi connectivity index (χ0v) is 28.4. The Morgan fingerprint density at radius 1 is 0.960 bits per heavy atom. The van der Waals surface area contributed by atoms with Gasteiger partial charge in [0.1, 0.15) is 23.1 Å². The van der Waals surface area contributed by atoms with E-state index in [1.165, 1.54) is 0 Å². The van der Waals surface area contributed by atoms with Gasteiger partial charge in [-0.05, 0) is 66.4 Å². The van der Waals surface area contributed by atoms with Crippen LogP contribution < -0.4 is 14.8 Å². The molecule has 0 aliphatic carbocycles. The number of methoxy groups -OCH3 is 2. The van der Waals surface area contributed by atoms with Crippen LogP contribution in [0.1, 0.15) is 68.6 Å². The van der Waals surface area contributed by atoms with E-state index >= 15 is 0 Å². The van der Waals surface area contributed by atoms with E-state index in [-0.39, 0.29) is 24.2 Å². The SMILES string of the molecule is CCC(=O)CCCCC[C@H](NC(=O)Cc1c(C)[nH]c2ccc(OC)cc12)c1ncc(-c2cc3ccccc3cc2OC)[nH]1.O=C(O)C(F)(F)F. The molecule has 0 spiro atoms. The molecule has 4 N–H and O–H groups in total.